The molecule has 0 fully saturated rings. The predicted octanol–water partition coefficient (Wildman–Crippen LogP) is 6.13. The zero-order valence-electron chi connectivity index (χ0n) is 24.4. The number of nitrogens with zero attached hydrogens (tertiary/aromatic N) is 2. The first-order valence-electron chi connectivity index (χ1n) is 14.3. The summed E-state index contributed by atoms with van der Waals surface area (Å²) < 4.78 is 0. The van der Waals surface area contributed by atoms with Crippen molar-refractivity contribution in [3.05, 3.63) is 100 Å². The van der Waals surface area contributed by atoms with E-state index in [-0.39, 0.29) is 23.7 Å². The molecule has 210 valence electrons. The monoisotopic (exact) mass is 540 g/mol. The maximum absolute atomic E-state index is 13.6. The van der Waals surface area contributed by atoms with Crippen molar-refractivity contribution in [3.63, 3.8) is 0 Å². The number of para-hydroxylation sites is 1. The molecule has 0 radical (unpaired) electrons. The second-order valence-electron chi connectivity index (χ2n) is 12.2. The van der Waals surface area contributed by atoms with Crippen LogP contribution in [0.1, 0.15) is 71.1 Å². The number of carbonyl (C=O) groups is 1. The van der Waals surface area contributed by atoms with Crippen LogP contribution in [0.4, 0.5) is 11.4 Å². The quantitative estimate of drug-likeness (QED) is 0.392. The number of hydrogen-bond donors (Lipinski definition) is 2. The number of anilines is 2. The Kier molecular flexibility index (Phi) is 7.03. The molecule has 1 atom stereocenters. The molecule has 2 aromatic carbocycles. The number of unbranched alkanes of at least 4 members (excludes halogenated alkanes) is 1. The molecular weight excluding hydrogens is 500 g/mol. The van der Waals surface area contributed by atoms with E-state index in [1.807, 2.05) is 42.5 Å². The Morgan fingerprint density at radius 3 is 2.33 bits per heavy atom. The van der Waals surface area contributed by atoms with E-state index in [1.165, 1.54) is 5.56 Å². The number of aliphatic carboxylic acids is 1. The van der Waals surface area contributed by atoms with E-state index in [0.717, 1.165) is 59.8 Å². The van der Waals surface area contributed by atoms with Crippen molar-refractivity contribution in [2.75, 3.05) is 22.9 Å². The third kappa shape index (κ3) is 4.29. The molecule has 40 heavy (non-hydrogen) atoms. The summed E-state index contributed by atoms with van der Waals surface area (Å²) in [6.07, 6.45) is 5.70. The molecule has 2 N–H and O–H groups in total. The minimum Gasteiger partial charge on any atom is -0.764 e. The standard InChI is InChI=1S/C34H40N2O4/c1-7-9-16-36-27-15-14-21(18-30(37)38)17-25(27)34(5,6)29(36)20-23-31(39)22(32(23)40)19-28-33(3,4)24-12-10-11-13-26(24)35(28)8-2/h10-15,17,19-20,22,39H,7-9,16,18H2,1-6H3,(H,37,38). The predicted molar refractivity (Wildman–Crippen MR) is 158 cm³/mol. The lowest BCUT2D eigenvalue weighted by Gasteiger charge is -2.35. The fourth-order valence-corrected chi connectivity index (χ4v) is 6.61. The molecule has 2 aliphatic heterocycles. The minimum absolute atomic E-state index is 0.0346. The molecule has 6 heteroatoms. The number of carboxylic acids is 1. The summed E-state index contributed by atoms with van der Waals surface area (Å²) in [4.78, 5) is 15.8. The van der Waals surface area contributed by atoms with Gasteiger partial charge in [0.05, 0.1) is 18.2 Å². The van der Waals surface area contributed by atoms with Gasteiger partial charge in [-0.1, -0.05) is 57.5 Å². The lowest BCUT2D eigenvalue weighted by molar-refractivity contribution is -0.358. The lowest BCUT2D eigenvalue weighted by Crippen LogP contribution is -2.39. The Bertz CT molecular complexity index is 1430. The van der Waals surface area contributed by atoms with Crippen LogP contribution in [0.25, 0.3) is 0 Å². The summed E-state index contributed by atoms with van der Waals surface area (Å²) >= 11 is 0. The number of aliphatic hydroxyl groups is 1. The third-order valence-electron chi connectivity index (χ3n) is 8.89. The molecule has 2 aromatic rings. The first-order valence-corrected chi connectivity index (χ1v) is 14.3. The number of aliphatic hydroxyl groups excluding tert-OH is 1. The van der Waals surface area contributed by atoms with Gasteiger partial charge in [-0.3, -0.25) is 4.79 Å². The van der Waals surface area contributed by atoms with Gasteiger partial charge in [0.15, 0.2) is 5.57 Å². The average molecular weight is 541 g/mol. The molecule has 0 aromatic heterocycles. The summed E-state index contributed by atoms with van der Waals surface area (Å²) in [5, 5.41) is 34.2. The molecule has 5 rings (SSSR count). The van der Waals surface area contributed by atoms with E-state index in [9.17, 15) is 20.1 Å². The summed E-state index contributed by atoms with van der Waals surface area (Å²) in [6.45, 7) is 14.4. The van der Waals surface area contributed by atoms with Gasteiger partial charge >= 0.3 is 5.97 Å². The maximum Gasteiger partial charge on any atom is 0.307 e. The Hall–Kier alpha value is -3.64. The molecule has 0 spiro atoms. The zero-order valence-corrected chi connectivity index (χ0v) is 24.4. The van der Waals surface area contributed by atoms with Gasteiger partial charge in [0.1, 0.15) is 5.92 Å². The Morgan fingerprint density at radius 1 is 1.00 bits per heavy atom. The Morgan fingerprint density at radius 2 is 1.68 bits per heavy atom. The second kappa shape index (κ2) is 10.1. The number of rotatable bonds is 8. The van der Waals surface area contributed by atoms with Crippen LogP contribution in [0.2, 0.25) is 0 Å². The van der Waals surface area contributed by atoms with Crippen LogP contribution in [0.5, 0.6) is 0 Å². The maximum atomic E-state index is 13.6. The molecule has 0 amide bonds. The average Bonchev–Trinajstić information content (AvgIpc) is 3.26. The minimum atomic E-state index is -0.861. The van der Waals surface area contributed by atoms with E-state index in [0.29, 0.717) is 5.57 Å². The molecule has 0 bridgehead atoms. The van der Waals surface area contributed by atoms with Crippen LogP contribution in [-0.2, 0) is 22.0 Å². The number of benzene rings is 2. The van der Waals surface area contributed by atoms with E-state index >= 15 is 0 Å². The fraction of sp³-hybridized carbons (Fsp3) is 0.412. The Balaban J connectivity index is 1.53. The van der Waals surface area contributed by atoms with Crippen LogP contribution in [0.15, 0.2) is 77.3 Å². The van der Waals surface area contributed by atoms with Crippen molar-refractivity contribution < 1.29 is 20.1 Å². The number of likely N-dealkylation sites (N-methyl/N-ethyl adjacent to an activating group) is 1. The molecule has 0 saturated heterocycles. The summed E-state index contributed by atoms with van der Waals surface area (Å²) in [7, 11) is 0. The van der Waals surface area contributed by atoms with Crippen molar-refractivity contribution in [2.24, 2.45) is 5.92 Å². The van der Waals surface area contributed by atoms with Crippen LogP contribution >= 0.6 is 0 Å². The fourth-order valence-electron chi connectivity index (χ4n) is 6.61. The molecule has 3 aliphatic rings. The highest BCUT2D eigenvalue weighted by Gasteiger charge is 2.48. The van der Waals surface area contributed by atoms with Crippen molar-refractivity contribution in [1.29, 1.82) is 0 Å². The Labute approximate surface area is 237 Å². The summed E-state index contributed by atoms with van der Waals surface area (Å²) in [5.41, 5.74) is 6.83. The van der Waals surface area contributed by atoms with Gasteiger partial charge in [-0.15, -0.1) is 0 Å². The lowest BCUT2D eigenvalue weighted by atomic mass is 9.75. The van der Waals surface area contributed by atoms with Gasteiger partial charge in [-0.05, 0) is 68.2 Å². The van der Waals surface area contributed by atoms with Gasteiger partial charge in [0.25, 0.3) is 0 Å². The van der Waals surface area contributed by atoms with E-state index < -0.39 is 17.3 Å². The second-order valence-corrected chi connectivity index (χ2v) is 12.2. The smallest absolute Gasteiger partial charge is 0.307 e. The third-order valence-corrected chi connectivity index (χ3v) is 8.89. The van der Waals surface area contributed by atoms with Crippen LogP contribution < -0.4 is 14.9 Å². The summed E-state index contributed by atoms with van der Waals surface area (Å²) in [5.74, 6) is -1.41. The van der Waals surface area contributed by atoms with Gasteiger partial charge < -0.3 is 25.1 Å². The highest BCUT2D eigenvalue weighted by atomic mass is 16.4. The van der Waals surface area contributed by atoms with Crippen LogP contribution in [0, 0.1) is 12.0 Å². The van der Waals surface area contributed by atoms with E-state index in [4.69, 9.17) is 0 Å². The van der Waals surface area contributed by atoms with Gasteiger partial charge in [-0.2, -0.15) is 0 Å². The molecular formula is C34H40N2O4. The van der Waals surface area contributed by atoms with E-state index in [2.05, 4.69) is 63.5 Å². The highest BCUT2D eigenvalue weighted by molar-refractivity contribution is 5.76. The number of hydrogen-bond acceptors (Lipinski definition) is 5. The molecule has 0 saturated carbocycles. The SMILES string of the molecule is CCCCN1C(=CC2=C(O)C(C=C3N(CC)c4ccccc4C3(C)C)[C+]2[O-])C(C)(C)c2cc(CC(=O)O)ccc21. The van der Waals surface area contributed by atoms with Crippen molar-refractivity contribution in [3.8, 4) is 0 Å². The topological polar surface area (TPSA) is 87.1 Å². The normalized spacial score (nSPS) is 22.7. The van der Waals surface area contributed by atoms with Crippen molar-refractivity contribution >= 4 is 17.3 Å². The van der Waals surface area contributed by atoms with Gasteiger partial charge in [0.2, 0.25) is 5.76 Å². The van der Waals surface area contributed by atoms with E-state index in [1.54, 1.807) is 0 Å². The molecule has 2 heterocycles. The van der Waals surface area contributed by atoms with Crippen molar-refractivity contribution in [1.82, 2.24) is 0 Å². The highest BCUT2D eigenvalue weighted by Crippen LogP contribution is 2.52. The number of fused-ring (bicyclic) bond motifs is 2. The zero-order chi connectivity index (χ0) is 29.0. The molecule has 6 nitrogen and oxygen atoms in total. The number of allylic oxidation sites excluding steroid dienone is 2. The molecule has 1 aliphatic carbocycles. The first-order chi connectivity index (χ1) is 18.9. The first kappa shape index (κ1) is 27.9. The van der Waals surface area contributed by atoms with Gasteiger partial charge in [-0.25, -0.2) is 0 Å². The van der Waals surface area contributed by atoms with Crippen LogP contribution in [0.3, 0.4) is 0 Å². The summed E-state index contributed by atoms with van der Waals surface area (Å²) in [6, 6.07) is 14.2. The largest absolute Gasteiger partial charge is 0.764 e. The molecule has 1 unspecified atom stereocenters. The van der Waals surface area contributed by atoms with Crippen molar-refractivity contribution in [2.45, 2.75) is 71.6 Å². The van der Waals surface area contributed by atoms with Gasteiger partial charge in [0, 0.05) is 41.0 Å². The van der Waals surface area contributed by atoms with Crippen LogP contribution in [-0.4, -0.2) is 29.3 Å². The number of carboxylic acid groups (broad SMARTS) is 1.